The van der Waals surface area contributed by atoms with Gasteiger partial charge < -0.3 is 4.90 Å². The largest absolute Gasteiger partial charge is 0.366 e. The quantitative estimate of drug-likeness (QED) is 0.770. The number of aryl methyl sites for hydroxylation is 1. The topological polar surface area (TPSA) is 6.48 Å². The van der Waals surface area contributed by atoms with E-state index in [9.17, 15) is 0 Å². The molecule has 0 saturated carbocycles. The summed E-state index contributed by atoms with van der Waals surface area (Å²) in [6.07, 6.45) is 2.76. The predicted molar refractivity (Wildman–Crippen MR) is 72.6 cm³/mol. The molecule has 0 amide bonds. The second-order valence-electron chi connectivity index (χ2n) is 5.46. The molecule has 0 spiro atoms. The Morgan fingerprint density at radius 1 is 1.06 bits per heavy atom. The summed E-state index contributed by atoms with van der Waals surface area (Å²) in [7, 11) is 0. The van der Waals surface area contributed by atoms with E-state index in [2.05, 4.69) is 47.9 Å². The molecule has 2 heteroatoms. The molecule has 2 bridgehead atoms. The molecule has 1 aromatic rings. The van der Waals surface area contributed by atoms with Crippen molar-refractivity contribution in [3.8, 4) is 0 Å². The van der Waals surface area contributed by atoms with Gasteiger partial charge in [0, 0.05) is 30.9 Å². The smallest absolute Gasteiger partial charge is 0.0418 e. The summed E-state index contributed by atoms with van der Waals surface area (Å²) in [5.74, 6) is 0. The van der Waals surface area contributed by atoms with E-state index in [0.717, 1.165) is 12.1 Å². The molecule has 4 rings (SSSR count). The van der Waals surface area contributed by atoms with Crippen molar-refractivity contribution in [1.82, 2.24) is 4.90 Å². The molecule has 2 unspecified atom stereocenters. The van der Waals surface area contributed by atoms with Gasteiger partial charge in [-0.25, -0.2) is 0 Å². The minimum absolute atomic E-state index is 0.739. The fraction of sp³-hybridized carbons (Fsp3) is 0.600. The zero-order valence-electron chi connectivity index (χ0n) is 10.9. The van der Waals surface area contributed by atoms with Crippen molar-refractivity contribution in [1.29, 1.82) is 0 Å². The third-order valence-electron chi connectivity index (χ3n) is 4.41. The molecule has 17 heavy (non-hydrogen) atoms. The number of anilines is 1. The Morgan fingerprint density at radius 2 is 1.76 bits per heavy atom. The zero-order valence-corrected chi connectivity index (χ0v) is 10.9. The van der Waals surface area contributed by atoms with Gasteiger partial charge in [-0.1, -0.05) is 24.6 Å². The summed E-state index contributed by atoms with van der Waals surface area (Å²) in [6.45, 7) is 8.14. The summed E-state index contributed by atoms with van der Waals surface area (Å²) in [5.41, 5.74) is 2.77. The average molecular weight is 230 g/mol. The molecule has 2 nitrogen and oxygen atoms in total. The van der Waals surface area contributed by atoms with Crippen molar-refractivity contribution in [3.63, 3.8) is 0 Å². The SMILES string of the molecule is CCN1CC2CCC1CN2c1ccc(C)cc1. The number of hydrogen-bond donors (Lipinski definition) is 0. The fourth-order valence-electron chi connectivity index (χ4n) is 3.36. The lowest BCUT2D eigenvalue weighted by Crippen LogP contribution is -2.62. The molecular formula is C15H22N2. The van der Waals surface area contributed by atoms with Crippen LogP contribution in [0.2, 0.25) is 0 Å². The van der Waals surface area contributed by atoms with E-state index < -0.39 is 0 Å². The van der Waals surface area contributed by atoms with Gasteiger partial charge in [-0.05, 0) is 38.4 Å². The van der Waals surface area contributed by atoms with Crippen LogP contribution in [-0.4, -0.2) is 36.6 Å². The number of hydrogen-bond acceptors (Lipinski definition) is 2. The van der Waals surface area contributed by atoms with Gasteiger partial charge >= 0.3 is 0 Å². The highest BCUT2D eigenvalue weighted by Crippen LogP contribution is 2.32. The van der Waals surface area contributed by atoms with Gasteiger partial charge in [-0.15, -0.1) is 0 Å². The maximum atomic E-state index is 2.65. The standard InChI is InChI=1S/C15H22N2/c1-3-16-10-15-9-8-14(16)11-17(15)13-6-4-12(2)5-7-13/h4-7,14-15H,3,8-11H2,1-2H3. The molecular weight excluding hydrogens is 208 g/mol. The van der Waals surface area contributed by atoms with Crippen LogP contribution in [0.4, 0.5) is 5.69 Å². The fourth-order valence-corrected chi connectivity index (χ4v) is 3.36. The number of piperidine rings is 2. The van der Waals surface area contributed by atoms with Crippen molar-refractivity contribution in [3.05, 3.63) is 29.8 Å². The Hall–Kier alpha value is -1.02. The molecule has 0 aromatic heterocycles. The van der Waals surface area contributed by atoms with Crippen molar-refractivity contribution in [2.24, 2.45) is 0 Å². The number of fused-ring (bicyclic) bond motifs is 3. The number of rotatable bonds is 2. The number of likely N-dealkylation sites (N-methyl/N-ethyl adjacent to an activating group) is 1. The van der Waals surface area contributed by atoms with Crippen molar-refractivity contribution < 1.29 is 0 Å². The van der Waals surface area contributed by atoms with Gasteiger partial charge in [0.25, 0.3) is 0 Å². The van der Waals surface area contributed by atoms with Crippen LogP contribution < -0.4 is 4.90 Å². The first-order valence-electron chi connectivity index (χ1n) is 6.85. The van der Waals surface area contributed by atoms with Crippen LogP contribution in [0.15, 0.2) is 24.3 Å². The molecule has 3 fully saturated rings. The Labute approximate surface area is 104 Å². The van der Waals surface area contributed by atoms with Gasteiger partial charge in [-0.2, -0.15) is 0 Å². The summed E-state index contributed by atoms with van der Waals surface area (Å²) < 4.78 is 0. The van der Waals surface area contributed by atoms with E-state index in [1.165, 1.54) is 43.7 Å². The first-order valence-corrected chi connectivity index (χ1v) is 6.85. The Balaban J connectivity index is 1.80. The van der Waals surface area contributed by atoms with Gasteiger partial charge in [0.15, 0.2) is 0 Å². The Kier molecular flexibility index (Phi) is 2.83. The third-order valence-corrected chi connectivity index (χ3v) is 4.41. The highest BCUT2D eigenvalue weighted by Gasteiger charge is 2.37. The highest BCUT2D eigenvalue weighted by atomic mass is 15.3. The molecule has 0 radical (unpaired) electrons. The molecule has 3 aliphatic rings. The molecule has 3 saturated heterocycles. The summed E-state index contributed by atoms with van der Waals surface area (Å²) >= 11 is 0. The monoisotopic (exact) mass is 230 g/mol. The molecule has 3 heterocycles. The second-order valence-corrected chi connectivity index (χ2v) is 5.46. The van der Waals surface area contributed by atoms with Crippen molar-refractivity contribution in [2.45, 2.75) is 38.8 Å². The van der Waals surface area contributed by atoms with E-state index >= 15 is 0 Å². The molecule has 1 aromatic carbocycles. The van der Waals surface area contributed by atoms with E-state index in [1.54, 1.807) is 0 Å². The van der Waals surface area contributed by atoms with Crippen LogP contribution in [0.3, 0.4) is 0 Å². The first-order chi connectivity index (χ1) is 8.28. The molecule has 92 valence electrons. The summed E-state index contributed by atoms with van der Waals surface area (Å²) in [6, 6.07) is 10.6. The molecule has 0 N–H and O–H groups in total. The van der Waals surface area contributed by atoms with Crippen LogP contribution >= 0.6 is 0 Å². The lowest BCUT2D eigenvalue weighted by atomic mass is 9.90. The number of nitrogens with zero attached hydrogens (tertiary/aromatic N) is 2. The van der Waals surface area contributed by atoms with E-state index in [-0.39, 0.29) is 0 Å². The van der Waals surface area contributed by atoms with Gasteiger partial charge in [0.2, 0.25) is 0 Å². The minimum atomic E-state index is 0.739. The second kappa shape index (κ2) is 4.34. The summed E-state index contributed by atoms with van der Waals surface area (Å²) in [4.78, 5) is 5.28. The zero-order chi connectivity index (χ0) is 11.8. The van der Waals surface area contributed by atoms with Crippen LogP contribution in [0.1, 0.15) is 25.3 Å². The summed E-state index contributed by atoms with van der Waals surface area (Å²) in [5, 5.41) is 0. The van der Waals surface area contributed by atoms with Gasteiger partial charge in [-0.3, -0.25) is 4.90 Å². The van der Waals surface area contributed by atoms with Crippen molar-refractivity contribution in [2.75, 3.05) is 24.5 Å². The third kappa shape index (κ3) is 1.95. The molecule has 0 aliphatic carbocycles. The lowest BCUT2D eigenvalue weighted by molar-refractivity contribution is 0.102. The van der Waals surface area contributed by atoms with Crippen LogP contribution in [-0.2, 0) is 0 Å². The first kappa shape index (κ1) is 11.1. The van der Waals surface area contributed by atoms with Crippen LogP contribution in [0, 0.1) is 6.92 Å². The van der Waals surface area contributed by atoms with E-state index in [1.807, 2.05) is 0 Å². The lowest BCUT2D eigenvalue weighted by Gasteiger charge is -2.52. The average Bonchev–Trinajstić information content (AvgIpc) is 2.40. The highest BCUT2D eigenvalue weighted by molar-refractivity contribution is 5.50. The van der Waals surface area contributed by atoms with Gasteiger partial charge in [0.05, 0.1) is 0 Å². The Morgan fingerprint density at radius 3 is 2.35 bits per heavy atom. The number of benzene rings is 1. The predicted octanol–water partition coefficient (Wildman–Crippen LogP) is 2.67. The van der Waals surface area contributed by atoms with Gasteiger partial charge in [0.1, 0.15) is 0 Å². The van der Waals surface area contributed by atoms with E-state index in [0.29, 0.717) is 0 Å². The maximum absolute atomic E-state index is 2.65. The normalized spacial score (nSPS) is 28.7. The molecule has 2 atom stereocenters. The minimum Gasteiger partial charge on any atom is -0.366 e. The van der Waals surface area contributed by atoms with E-state index in [4.69, 9.17) is 0 Å². The molecule has 3 aliphatic heterocycles. The van der Waals surface area contributed by atoms with Crippen molar-refractivity contribution >= 4 is 5.69 Å². The van der Waals surface area contributed by atoms with Crippen LogP contribution in [0.25, 0.3) is 0 Å². The number of piperazine rings is 1. The van der Waals surface area contributed by atoms with Crippen LogP contribution in [0.5, 0.6) is 0 Å². The maximum Gasteiger partial charge on any atom is 0.0418 e. The Bertz CT molecular complexity index is 384.